The molecule has 8 heteroatoms. The molecule has 0 aromatic heterocycles. The number of nitrogens with one attached hydrogen (secondary N) is 1. The molecule has 0 aliphatic heterocycles. The number of amidine groups is 1. The molecule has 1 atom stereocenters. The smallest absolute Gasteiger partial charge is 0.400 e. The number of oxime groups is 1. The number of rotatable bonds is 6. The lowest BCUT2D eigenvalue weighted by Gasteiger charge is -2.19. The van der Waals surface area contributed by atoms with Crippen LogP contribution in [0.25, 0.3) is 0 Å². The van der Waals surface area contributed by atoms with Gasteiger partial charge in [-0.1, -0.05) is 17.3 Å². The Kier molecular flexibility index (Phi) is 5.63. The van der Waals surface area contributed by atoms with E-state index < -0.39 is 24.5 Å². The van der Waals surface area contributed by atoms with E-state index in [1.807, 2.05) is 0 Å². The summed E-state index contributed by atoms with van der Waals surface area (Å²) in [5.74, 6) is -2.28. The maximum atomic E-state index is 12.7. The molecule has 0 heterocycles. The third-order valence-corrected chi connectivity index (χ3v) is 2.68. The van der Waals surface area contributed by atoms with Crippen LogP contribution in [0, 0.1) is 5.92 Å². The number of halogens is 3. The Bertz CT molecular complexity index is 464. The molecular formula is C12H16F3N3O2. The highest BCUT2D eigenvalue weighted by molar-refractivity contribution is 5.83. The van der Waals surface area contributed by atoms with Crippen LogP contribution in [-0.4, -0.2) is 30.9 Å². The number of alkyl halides is 3. The quantitative estimate of drug-likeness (QED) is 0.323. The van der Waals surface area contributed by atoms with Crippen LogP contribution in [0.4, 0.5) is 13.2 Å². The van der Waals surface area contributed by atoms with E-state index >= 15 is 0 Å². The molecule has 112 valence electrons. The number of benzene rings is 1. The Morgan fingerprint density at radius 3 is 2.75 bits per heavy atom. The molecule has 0 aliphatic carbocycles. The maximum absolute atomic E-state index is 12.7. The number of nitrogens with two attached hydrogens (primary N) is 1. The van der Waals surface area contributed by atoms with Crippen molar-refractivity contribution in [3.05, 3.63) is 29.8 Å². The van der Waals surface area contributed by atoms with E-state index in [2.05, 4.69) is 10.5 Å². The van der Waals surface area contributed by atoms with Gasteiger partial charge in [0.25, 0.3) is 0 Å². The molecule has 1 aromatic carbocycles. The number of hydrogen-bond donors (Lipinski definition) is 3. The summed E-state index contributed by atoms with van der Waals surface area (Å²) in [7, 11) is 1.50. The van der Waals surface area contributed by atoms with Gasteiger partial charge < -0.3 is 21.0 Å². The second-order valence-electron chi connectivity index (χ2n) is 4.10. The van der Waals surface area contributed by atoms with Gasteiger partial charge in [0.2, 0.25) is 0 Å². The molecule has 1 aromatic rings. The van der Waals surface area contributed by atoms with Crippen molar-refractivity contribution in [1.29, 1.82) is 0 Å². The predicted octanol–water partition coefficient (Wildman–Crippen LogP) is 1.71. The van der Waals surface area contributed by atoms with Crippen LogP contribution < -0.4 is 15.8 Å². The lowest BCUT2D eigenvalue weighted by atomic mass is 10.1. The normalized spacial score (nSPS) is 14.1. The van der Waals surface area contributed by atoms with Crippen LogP contribution in [0.15, 0.2) is 29.4 Å². The predicted molar refractivity (Wildman–Crippen MR) is 67.7 cm³/mol. The SMILES string of the molecule is COc1cccc(CNCC(/C(N)=N/O)C(F)(F)F)c1. The molecule has 0 bridgehead atoms. The molecule has 1 rings (SSSR count). The zero-order chi connectivity index (χ0) is 15.2. The Morgan fingerprint density at radius 1 is 1.50 bits per heavy atom. The summed E-state index contributed by atoms with van der Waals surface area (Å²) in [6.45, 7) is -0.265. The summed E-state index contributed by atoms with van der Waals surface area (Å²) in [5, 5.41) is 13.4. The van der Waals surface area contributed by atoms with Crippen molar-refractivity contribution in [2.45, 2.75) is 12.7 Å². The third kappa shape index (κ3) is 4.61. The van der Waals surface area contributed by atoms with Crippen molar-refractivity contribution < 1.29 is 23.1 Å². The molecule has 0 spiro atoms. The first kappa shape index (κ1) is 16.1. The summed E-state index contributed by atoms with van der Waals surface area (Å²) in [6.07, 6.45) is -4.57. The van der Waals surface area contributed by atoms with Crippen LogP contribution in [0.2, 0.25) is 0 Å². The van der Waals surface area contributed by atoms with Crippen molar-refractivity contribution >= 4 is 5.84 Å². The van der Waals surface area contributed by atoms with Gasteiger partial charge in [0, 0.05) is 13.1 Å². The molecule has 0 fully saturated rings. The second kappa shape index (κ2) is 6.99. The van der Waals surface area contributed by atoms with Crippen molar-refractivity contribution in [3.8, 4) is 5.75 Å². The van der Waals surface area contributed by atoms with Gasteiger partial charge in [0.1, 0.15) is 11.7 Å². The highest BCUT2D eigenvalue weighted by atomic mass is 19.4. The third-order valence-electron chi connectivity index (χ3n) is 2.68. The lowest BCUT2D eigenvalue weighted by Crippen LogP contribution is -2.42. The van der Waals surface area contributed by atoms with Crippen LogP contribution in [0.5, 0.6) is 5.75 Å². The first-order valence-electron chi connectivity index (χ1n) is 5.76. The minimum absolute atomic E-state index is 0.211. The van der Waals surface area contributed by atoms with E-state index in [-0.39, 0.29) is 6.54 Å². The minimum atomic E-state index is -4.57. The molecule has 5 nitrogen and oxygen atoms in total. The second-order valence-corrected chi connectivity index (χ2v) is 4.10. The van der Waals surface area contributed by atoms with E-state index in [0.717, 1.165) is 5.56 Å². The number of methoxy groups -OCH3 is 1. The fourth-order valence-electron chi connectivity index (χ4n) is 1.60. The maximum Gasteiger partial charge on any atom is 0.400 e. The van der Waals surface area contributed by atoms with Gasteiger partial charge in [-0.15, -0.1) is 0 Å². The summed E-state index contributed by atoms with van der Waals surface area (Å²) < 4.78 is 43.0. The van der Waals surface area contributed by atoms with Crippen LogP contribution >= 0.6 is 0 Å². The average molecular weight is 291 g/mol. The number of ether oxygens (including phenoxy) is 1. The zero-order valence-corrected chi connectivity index (χ0v) is 10.8. The van der Waals surface area contributed by atoms with Crippen molar-refractivity contribution in [2.75, 3.05) is 13.7 Å². The van der Waals surface area contributed by atoms with E-state index in [1.54, 1.807) is 24.3 Å². The van der Waals surface area contributed by atoms with E-state index in [0.29, 0.717) is 5.75 Å². The molecule has 0 amide bonds. The summed E-state index contributed by atoms with van der Waals surface area (Å²) in [6, 6.07) is 6.93. The van der Waals surface area contributed by atoms with Gasteiger partial charge in [-0.05, 0) is 17.7 Å². The van der Waals surface area contributed by atoms with Crippen molar-refractivity contribution in [1.82, 2.24) is 5.32 Å². The molecule has 4 N–H and O–H groups in total. The first-order valence-corrected chi connectivity index (χ1v) is 5.76. The Labute approximate surface area is 114 Å². The fourth-order valence-corrected chi connectivity index (χ4v) is 1.60. The van der Waals surface area contributed by atoms with Gasteiger partial charge in [-0.3, -0.25) is 0 Å². The summed E-state index contributed by atoms with van der Waals surface area (Å²) in [5.41, 5.74) is 5.82. The largest absolute Gasteiger partial charge is 0.497 e. The number of hydrogen-bond acceptors (Lipinski definition) is 4. The minimum Gasteiger partial charge on any atom is -0.497 e. The van der Waals surface area contributed by atoms with Crippen molar-refractivity contribution in [2.24, 2.45) is 16.8 Å². The molecule has 0 saturated carbocycles. The van der Waals surface area contributed by atoms with Gasteiger partial charge in [0.05, 0.1) is 7.11 Å². The van der Waals surface area contributed by atoms with E-state index in [1.165, 1.54) is 7.11 Å². The molecular weight excluding hydrogens is 275 g/mol. The van der Waals surface area contributed by atoms with Crippen molar-refractivity contribution in [3.63, 3.8) is 0 Å². The van der Waals surface area contributed by atoms with Gasteiger partial charge in [0.15, 0.2) is 5.84 Å². The highest BCUT2D eigenvalue weighted by Gasteiger charge is 2.42. The topological polar surface area (TPSA) is 79.9 Å². The van der Waals surface area contributed by atoms with Crippen LogP contribution in [-0.2, 0) is 6.54 Å². The standard InChI is InChI=1S/C12H16F3N3O2/c1-20-9-4-2-3-8(5-9)6-17-7-10(11(16)18-19)12(13,14)15/h2-5,10,17,19H,6-7H2,1H3,(H2,16,18). The van der Waals surface area contributed by atoms with E-state index in [4.69, 9.17) is 15.7 Å². The highest BCUT2D eigenvalue weighted by Crippen LogP contribution is 2.26. The summed E-state index contributed by atoms with van der Waals surface area (Å²) >= 11 is 0. The van der Waals surface area contributed by atoms with Crippen LogP contribution in [0.1, 0.15) is 5.56 Å². The Morgan fingerprint density at radius 2 is 2.20 bits per heavy atom. The van der Waals surface area contributed by atoms with Gasteiger partial charge in [-0.2, -0.15) is 13.2 Å². The fraction of sp³-hybridized carbons (Fsp3) is 0.417. The summed E-state index contributed by atoms with van der Waals surface area (Å²) in [4.78, 5) is 0. The lowest BCUT2D eigenvalue weighted by molar-refractivity contribution is -0.154. The van der Waals surface area contributed by atoms with Gasteiger partial charge >= 0.3 is 6.18 Å². The average Bonchev–Trinajstić information content (AvgIpc) is 2.41. The van der Waals surface area contributed by atoms with Gasteiger partial charge in [-0.25, -0.2) is 0 Å². The molecule has 0 radical (unpaired) electrons. The monoisotopic (exact) mass is 291 g/mol. The number of nitrogens with zero attached hydrogens (tertiary/aromatic N) is 1. The Balaban J connectivity index is 2.60. The molecule has 1 unspecified atom stereocenters. The van der Waals surface area contributed by atoms with Crippen LogP contribution in [0.3, 0.4) is 0 Å². The molecule has 20 heavy (non-hydrogen) atoms. The molecule has 0 aliphatic rings. The Hall–Kier alpha value is -1.96. The first-order chi connectivity index (χ1) is 9.38. The molecule has 0 saturated heterocycles. The van der Waals surface area contributed by atoms with E-state index in [9.17, 15) is 13.2 Å². The zero-order valence-electron chi connectivity index (χ0n) is 10.8.